The van der Waals surface area contributed by atoms with Crippen LogP contribution in [0.1, 0.15) is 6.92 Å². The molecule has 3 heteroatoms. The largest absolute Gasteiger partial charge is 0.373 e. The molecule has 0 amide bonds. The van der Waals surface area contributed by atoms with Crippen molar-refractivity contribution in [3.63, 3.8) is 0 Å². The molecule has 0 bridgehead atoms. The summed E-state index contributed by atoms with van der Waals surface area (Å²) in [6, 6.07) is 0. The van der Waals surface area contributed by atoms with E-state index in [1.54, 1.807) is 6.92 Å². The molecule has 1 saturated heterocycles. The molecule has 2 atom stereocenters. The average Bonchev–Trinajstić information content (AvgIpc) is 1.64. The van der Waals surface area contributed by atoms with E-state index in [9.17, 15) is 4.39 Å². The third-order valence-corrected chi connectivity index (χ3v) is 0.981. The van der Waals surface area contributed by atoms with E-state index >= 15 is 0 Å². The molecule has 0 aromatic carbocycles. The normalized spacial score (nSPS) is 39.8. The van der Waals surface area contributed by atoms with Gasteiger partial charge in [-0.05, 0) is 6.92 Å². The van der Waals surface area contributed by atoms with E-state index in [-0.39, 0.29) is 12.7 Å². The molecule has 48 valence electrons. The molecule has 0 aromatic heterocycles. The lowest BCUT2D eigenvalue weighted by Crippen LogP contribution is -2.31. The van der Waals surface area contributed by atoms with Gasteiger partial charge in [-0.3, -0.25) is 0 Å². The van der Waals surface area contributed by atoms with Crippen LogP contribution in [0.15, 0.2) is 0 Å². The summed E-state index contributed by atoms with van der Waals surface area (Å²) in [5.41, 5.74) is 0. The highest BCUT2D eigenvalue weighted by atomic mass is 19.1. The SMILES string of the molecule is CC1COCC(F)O1. The van der Waals surface area contributed by atoms with E-state index in [1.165, 1.54) is 0 Å². The Bertz CT molecular complexity index is 68.8. The second-order valence-corrected chi connectivity index (χ2v) is 1.89. The monoisotopic (exact) mass is 120 g/mol. The number of alkyl halides is 1. The van der Waals surface area contributed by atoms with Gasteiger partial charge in [0.15, 0.2) is 0 Å². The summed E-state index contributed by atoms with van der Waals surface area (Å²) in [5, 5.41) is 0. The predicted octanol–water partition coefficient (Wildman–Crippen LogP) is 0.717. The Kier molecular flexibility index (Phi) is 1.81. The third-order valence-electron chi connectivity index (χ3n) is 0.981. The van der Waals surface area contributed by atoms with Crippen LogP contribution < -0.4 is 0 Å². The Labute approximate surface area is 47.6 Å². The summed E-state index contributed by atoms with van der Waals surface area (Å²) in [6.07, 6.45) is -1.29. The maximum Gasteiger partial charge on any atom is 0.222 e. The van der Waals surface area contributed by atoms with Gasteiger partial charge in [-0.1, -0.05) is 0 Å². The lowest BCUT2D eigenvalue weighted by molar-refractivity contribution is -0.180. The molecule has 1 heterocycles. The van der Waals surface area contributed by atoms with E-state index in [0.717, 1.165) is 0 Å². The van der Waals surface area contributed by atoms with Crippen LogP contribution in [0.2, 0.25) is 0 Å². The van der Waals surface area contributed by atoms with Crippen molar-refractivity contribution in [1.82, 2.24) is 0 Å². The van der Waals surface area contributed by atoms with Crippen molar-refractivity contribution < 1.29 is 13.9 Å². The minimum absolute atomic E-state index is 0.0845. The van der Waals surface area contributed by atoms with Crippen molar-refractivity contribution in [2.24, 2.45) is 0 Å². The van der Waals surface area contributed by atoms with Crippen molar-refractivity contribution in [3.8, 4) is 0 Å². The first kappa shape index (κ1) is 5.98. The molecule has 0 aromatic rings. The van der Waals surface area contributed by atoms with Crippen molar-refractivity contribution in [3.05, 3.63) is 0 Å². The number of hydrogen-bond donors (Lipinski definition) is 0. The van der Waals surface area contributed by atoms with Crippen LogP contribution in [0.4, 0.5) is 4.39 Å². The standard InChI is InChI=1S/C5H9FO2/c1-4-2-7-3-5(6)8-4/h4-5H,2-3H2,1H3. The van der Waals surface area contributed by atoms with Gasteiger partial charge < -0.3 is 9.47 Å². The molecule has 1 aliphatic rings. The van der Waals surface area contributed by atoms with Gasteiger partial charge in [0, 0.05) is 0 Å². The molecular weight excluding hydrogens is 111 g/mol. The van der Waals surface area contributed by atoms with Crippen LogP contribution in [0.5, 0.6) is 0 Å². The quantitative estimate of drug-likeness (QED) is 0.469. The van der Waals surface area contributed by atoms with Crippen molar-refractivity contribution >= 4 is 0 Å². The highest BCUT2D eigenvalue weighted by Crippen LogP contribution is 2.06. The molecular formula is C5H9FO2. The summed E-state index contributed by atoms with van der Waals surface area (Å²) in [4.78, 5) is 0. The molecule has 2 unspecified atom stereocenters. The Morgan fingerprint density at radius 1 is 1.50 bits per heavy atom. The molecule has 0 radical (unpaired) electrons. The molecule has 2 nitrogen and oxygen atoms in total. The number of ether oxygens (including phenoxy) is 2. The topological polar surface area (TPSA) is 18.5 Å². The number of hydrogen-bond acceptors (Lipinski definition) is 2. The summed E-state index contributed by atoms with van der Waals surface area (Å²) in [6.45, 7) is 2.39. The van der Waals surface area contributed by atoms with Crippen molar-refractivity contribution in [2.45, 2.75) is 19.4 Å². The van der Waals surface area contributed by atoms with Gasteiger partial charge in [0.1, 0.15) is 6.61 Å². The molecule has 0 saturated carbocycles. The second-order valence-electron chi connectivity index (χ2n) is 1.89. The van der Waals surface area contributed by atoms with Crippen LogP contribution in [-0.4, -0.2) is 25.7 Å². The van der Waals surface area contributed by atoms with Crippen LogP contribution in [0.25, 0.3) is 0 Å². The van der Waals surface area contributed by atoms with Crippen LogP contribution >= 0.6 is 0 Å². The molecule has 0 aliphatic carbocycles. The van der Waals surface area contributed by atoms with Crippen LogP contribution in [-0.2, 0) is 9.47 Å². The minimum Gasteiger partial charge on any atom is -0.373 e. The first-order chi connectivity index (χ1) is 3.79. The molecule has 0 N–H and O–H groups in total. The molecule has 1 fully saturated rings. The molecule has 1 rings (SSSR count). The highest BCUT2D eigenvalue weighted by Gasteiger charge is 2.17. The Morgan fingerprint density at radius 3 is 2.62 bits per heavy atom. The smallest absolute Gasteiger partial charge is 0.222 e. The van der Waals surface area contributed by atoms with Gasteiger partial charge in [-0.25, -0.2) is 4.39 Å². The van der Waals surface area contributed by atoms with Crippen LogP contribution in [0, 0.1) is 0 Å². The van der Waals surface area contributed by atoms with Gasteiger partial charge in [-0.2, -0.15) is 0 Å². The average molecular weight is 120 g/mol. The Hall–Kier alpha value is -0.150. The number of rotatable bonds is 0. The zero-order chi connectivity index (χ0) is 5.98. The number of halogens is 1. The van der Waals surface area contributed by atoms with E-state index < -0.39 is 6.36 Å². The second kappa shape index (κ2) is 2.42. The van der Waals surface area contributed by atoms with Crippen LogP contribution in [0.3, 0.4) is 0 Å². The van der Waals surface area contributed by atoms with E-state index in [0.29, 0.717) is 6.61 Å². The lowest BCUT2D eigenvalue weighted by Gasteiger charge is -2.21. The van der Waals surface area contributed by atoms with Crippen molar-refractivity contribution in [2.75, 3.05) is 13.2 Å². The maximum absolute atomic E-state index is 12.1. The zero-order valence-corrected chi connectivity index (χ0v) is 4.76. The van der Waals surface area contributed by atoms with E-state index in [4.69, 9.17) is 9.47 Å². The maximum atomic E-state index is 12.1. The van der Waals surface area contributed by atoms with E-state index in [1.807, 2.05) is 0 Å². The predicted molar refractivity (Wildman–Crippen MR) is 26.3 cm³/mol. The minimum atomic E-state index is -1.21. The van der Waals surface area contributed by atoms with Gasteiger partial charge in [0.05, 0.1) is 12.7 Å². The highest BCUT2D eigenvalue weighted by molar-refractivity contribution is 4.54. The fourth-order valence-corrected chi connectivity index (χ4v) is 0.657. The fourth-order valence-electron chi connectivity index (χ4n) is 0.657. The van der Waals surface area contributed by atoms with Gasteiger partial charge in [0.2, 0.25) is 6.36 Å². The fraction of sp³-hybridized carbons (Fsp3) is 1.00. The zero-order valence-electron chi connectivity index (χ0n) is 4.76. The van der Waals surface area contributed by atoms with E-state index in [2.05, 4.69) is 0 Å². The molecule has 8 heavy (non-hydrogen) atoms. The molecule has 1 aliphatic heterocycles. The third kappa shape index (κ3) is 1.42. The first-order valence-corrected chi connectivity index (χ1v) is 2.66. The van der Waals surface area contributed by atoms with Gasteiger partial charge in [0.25, 0.3) is 0 Å². The first-order valence-electron chi connectivity index (χ1n) is 2.66. The Balaban J connectivity index is 2.23. The Morgan fingerprint density at radius 2 is 2.25 bits per heavy atom. The van der Waals surface area contributed by atoms with Gasteiger partial charge in [-0.15, -0.1) is 0 Å². The molecule has 0 spiro atoms. The summed E-state index contributed by atoms with van der Waals surface area (Å²) >= 11 is 0. The lowest BCUT2D eigenvalue weighted by atomic mass is 10.4. The van der Waals surface area contributed by atoms with Crippen molar-refractivity contribution in [1.29, 1.82) is 0 Å². The van der Waals surface area contributed by atoms with Gasteiger partial charge >= 0.3 is 0 Å². The summed E-state index contributed by atoms with van der Waals surface area (Å²) in [7, 11) is 0. The summed E-state index contributed by atoms with van der Waals surface area (Å²) < 4.78 is 21.6. The summed E-state index contributed by atoms with van der Waals surface area (Å²) in [5.74, 6) is 0.